The Morgan fingerprint density at radius 1 is 1.18 bits per heavy atom. The molecule has 6 nitrogen and oxygen atoms in total. The number of aliphatic hydroxyl groups is 1. The minimum absolute atomic E-state index is 0.0462. The zero-order chi connectivity index (χ0) is 24.3. The fraction of sp³-hybridized carbons (Fsp3) is 0.593. The van der Waals surface area contributed by atoms with Crippen molar-refractivity contribution in [1.29, 1.82) is 0 Å². The fourth-order valence-corrected chi connectivity index (χ4v) is 4.84. The number of nitrogens with one attached hydrogen (secondary N) is 1. The molecule has 188 valence electrons. The first-order valence-electron chi connectivity index (χ1n) is 12.7. The number of benzene rings is 1. The molecule has 2 saturated heterocycles. The number of halogens is 1. The van der Waals surface area contributed by atoms with Crippen LogP contribution in [0.3, 0.4) is 0 Å². The number of hydrogen-bond donors (Lipinski definition) is 2. The Hall–Kier alpha value is -2.22. The van der Waals surface area contributed by atoms with Crippen molar-refractivity contribution >= 4 is 5.91 Å². The molecule has 0 radical (unpaired) electrons. The third kappa shape index (κ3) is 7.39. The van der Waals surface area contributed by atoms with Crippen molar-refractivity contribution in [3.8, 4) is 0 Å². The van der Waals surface area contributed by atoms with Crippen LogP contribution in [0.4, 0.5) is 4.39 Å². The summed E-state index contributed by atoms with van der Waals surface area (Å²) >= 11 is 0. The van der Waals surface area contributed by atoms with Gasteiger partial charge in [-0.2, -0.15) is 0 Å². The van der Waals surface area contributed by atoms with E-state index in [4.69, 9.17) is 5.11 Å². The topological polar surface area (TPSA) is 59.0 Å². The monoisotopic (exact) mass is 472 g/mol. The molecule has 2 fully saturated rings. The molecule has 2 N–H and O–H groups in total. The van der Waals surface area contributed by atoms with Crippen LogP contribution in [0.1, 0.15) is 50.2 Å². The molecule has 0 spiro atoms. The molecule has 0 bridgehead atoms. The Bertz CT molecular complexity index is 815. The number of likely N-dealkylation sites (tertiary alicyclic amines) is 2. The Balaban J connectivity index is 1.67. The number of piperidine rings is 2. The molecule has 1 aromatic carbocycles. The molecule has 2 heterocycles. The van der Waals surface area contributed by atoms with Gasteiger partial charge in [-0.3, -0.25) is 9.69 Å². The van der Waals surface area contributed by atoms with Crippen molar-refractivity contribution in [3.05, 3.63) is 59.9 Å². The molecule has 7 heteroatoms. The first-order valence-corrected chi connectivity index (χ1v) is 12.7. The Kier molecular flexibility index (Phi) is 10.6. The minimum Gasteiger partial charge on any atom is -0.395 e. The Labute approximate surface area is 204 Å². The predicted octanol–water partition coefficient (Wildman–Crippen LogP) is 3.43. The standard InChI is InChI=1S/C27H41FN4O2/c1-3-7-26(27(34)32-17-12-25(13-18-32)29-14-19-33)31(4-2)21-23-9-6-5-8-22(23)20-30-15-10-24(28)11-16-30/h4-9,24-25,29,33H,2-3,10-21H2,1H3/b26-7-. The lowest BCUT2D eigenvalue weighted by Crippen LogP contribution is -2.47. The number of nitrogens with zero attached hydrogens (tertiary/aromatic N) is 3. The average molecular weight is 473 g/mol. The van der Waals surface area contributed by atoms with Crippen molar-refractivity contribution in [2.24, 2.45) is 0 Å². The summed E-state index contributed by atoms with van der Waals surface area (Å²) < 4.78 is 13.6. The minimum atomic E-state index is -0.675. The summed E-state index contributed by atoms with van der Waals surface area (Å²) in [6, 6.07) is 8.66. The van der Waals surface area contributed by atoms with E-state index < -0.39 is 6.17 Å². The molecule has 0 saturated carbocycles. The zero-order valence-electron chi connectivity index (χ0n) is 20.6. The van der Waals surface area contributed by atoms with Gasteiger partial charge in [-0.05, 0) is 49.4 Å². The lowest BCUT2D eigenvalue weighted by molar-refractivity contribution is -0.129. The number of carbonyl (C=O) groups excluding carboxylic acids is 1. The molecule has 1 amide bonds. The quantitative estimate of drug-likeness (QED) is 0.483. The summed E-state index contributed by atoms with van der Waals surface area (Å²) in [5.41, 5.74) is 3.05. The van der Waals surface area contributed by atoms with Gasteiger partial charge in [0.25, 0.3) is 5.91 Å². The van der Waals surface area contributed by atoms with Crippen LogP contribution in [0.5, 0.6) is 0 Å². The van der Waals surface area contributed by atoms with E-state index >= 15 is 0 Å². The second-order valence-electron chi connectivity index (χ2n) is 9.27. The third-order valence-electron chi connectivity index (χ3n) is 6.84. The molecule has 0 unspecified atom stereocenters. The Morgan fingerprint density at radius 3 is 2.47 bits per heavy atom. The molecular weight excluding hydrogens is 431 g/mol. The van der Waals surface area contributed by atoms with Crippen molar-refractivity contribution in [1.82, 2.24) is 20.0 Å². The van der Waals surface area contributed by atoms with E-state index in [1.54, 1.807) is 6.20 Å². The number of carbonyl (C=O) groups is 1. The molecule has 0 aromatic heterocycles. The number of amides is 1. The molecule has 0 aliphatic carbocycles. The van der Waals surface area contributed by atoms with Gasteiger partial charge in [0.1, 0.15) is 11.9 Å². The van der Waals surface area contributed by atoms with Gasteiger partial charge in [-0.15, -0.1) is 0 Å². The van der Waals surface area contributed by atoms with Gasteiger partial charge in [0.05, 0.1) is 6.61 Å². The van der Waals surface area contributed by atoms with Gasteiger partial charge in [0.2, 0.25) is 0 Å². The van der Waals surface area contributed by atoms with E-state index in [1.807, 2.05) is 34.9 Å². The van der Waals surface area contributed by atoms with Crippen LogP contribution < -0.4 is 5.32 Å². The highest BCUT2D eigenvalue weighted by Crippen LogP contribution is 2.22. The molecule has 34 heavy (non-hydrogen) atoms. The second kappa shape index (κ2) is 13.6. The maximum Gasteiger partial charge on any atom is 0.270 e. The SMILES string of the molecule is C=CN(Cc1ccccc1CN1CCC(F)CC1)/C(=C\CC)C(=O)N1CCC(NCCO)CC1. The number of hydrogen-bond acceptors (Lipinski definition) is 5. The fourth-order valence-electron chi connectivity index (χ4n) is 4.84. The van der Waals surface area contributed by atoms with Crippen LogP contribution in [-0.4, -0.2) is 77.3 Å². The molecule has 0 atom stereocenters. The highest BCUT2D eigenvalue weighted by Gasteiger charge is 2.27. The summed E-state index contributed by atoms with van der Waals surface area (Å²) in [4.78, 5) is 19.7. The van der Waals surface area contributed by atoms with Crippen LogP contribution in [0.2, 0.25) is 0 Å². The van der Waals surface area contributed by atoms with Gasteiger partial charge in [0, 0.05) is 51.9 Å². The van der Waals surface area contributed by atoms with Crippen LogP contribution in [0.25, 0.3) is 0 Å². The summed E-state index contributed by atoms with van der Waals surface area (Å²) in [7, 11) is 0. The first-order chi connectivity index (χ1) is 16.5. The lowest BCUT2D eigenvalue weighted by atomic mass is 10.0. The van der Waals surface area contributed by atoms with Crippen molar-refractivity contribution in [2.75, 3.05) is 39.3 Å². The van der Waals surface area contributed by atoms with Crippen LogP contribution in [-0.2, 0) is 17.9 Å². The van der Waals surface area contributed by atoms with Crippen molar-refractivity contribution in [2.45, 2.75) is 64.3 Å². The largest absolute Gasteiger partial charge is 0.395 e. The molecular formula is C27H41FN4O2. The second-order valence-corrected chi connectivity index (χ2v) is 9.27. The maximum atomic E-state index is 13.6. The first kappa shape index (κ1) is 26.4. The van der Waals surface area contributed by atoms with Gasteiger partial charge in [0.15, 0.2) is 0 Å². The van der Waals surface area contributed by atoms with E-state index in [9.17, 15) is 9.18 Å². The Morgan fingerprint density at radius 2 is 1.85 bits per heavy atom. The van der Waals surface area contributed by atoms with E-state index in [0.717, 1.165) is 44.5 Å². The van der Waals surface area contributed by atoms with Gasteiger partial charge in [-0.25, -0.2) is 4.39 Å². The van der Waals surface area contributed by atoms with E-state index in [0.29, 0.717) is 50.8 Å². The summed E-state index contributed by atoms with van der Waals surface area (Å²) in [5, 5.41) is 12.4. The average Bonchev–Trinajstić information content (AvgIpc) is 2.87. The van der Waals surface area contributed by atoms with Gasteiger partial charge in [-0.1, -0.05) is 43.8 Å². The normalized spacial score (nSPS) is 18.8. The van der Waals surface area contributed by atoms with E-state index in [2.05, 4.69) is 28.9 Å². The molecule has 1 aromatic rings. The molecule has 2 aliphatic rings. The van der Waals surface area contributed by atoms with Crippen molar-refractivity contribution in [3.63, 3.8) is 0 Å². The summed E-state index contributed by atoms with van der Waals surface area (Å²) in [5.74, 6) is 0.0462. The predicted molar refractivity (Wildman–Crippen MR) is 135 cm³/mol. The number of aliphatic hydroxyl groups excluding tert-OH is 1. The third-order valence-corrected chi connectivity index (χ3v) is 6.84. The highest BCUT2D eigenvalue weighted by atomic mass is 19.1. The number of rotatable bonds is 11. The lowest BCUT2D eigenvalue weighted by Gasteiger charge is -2.35. The molecule has 2 aliphatic heterocycles. The molecule has 3 rings (SSSR count). The smallest absolute Gasteiger partial charge is 0.270 e. The van der Waals surface area contributed by atoms with Gasteiger partial charge >= 0.3 is 0 Å². The van der Waals surface area contributed by atoms with Gasteiger partial charge < -0.3 is 20.2 Å². The van der Waals surface area contributed by atoms with E-state index in [1.165, 1.54) is 5.56 Å². The van der Waals surface area contributed by atoms with E-state index in [-0.39, 0.29) is 12.5 Å². The van der Waals surface area contributed by atoms with Crippen molar-refractivity contribution < 1.29 is 14.3 Å². The summed E-state index contributed by atoms with van der Waals surface area (Å²) in [6.45, 7) is 11.1. The highest BCUT2D eigenvalue weighted by molar-refractivity contribution is 5.93. The zero-order valence-corrected chi connectivity index (χ0v) is 20.6. The summed E-state index contributed by atoms with van der Waals surface area (Å²) in [6.07, 6.45) is 6.81. The number of allylic oxidation sites excluding steroid dienone is 1. The van der Waals surface area contributed by atoms with Crippen LogP contribution in [0.15, 0.2) is 48.8 Å². The van der Waals surface area contributed by atoms with Crippen LogP contribution in [0, 0.1) is 0 Å². The number of alkyl halides is 1. The maximum absolute atomic E-state index is 13.6. The van der Waals surface area contributed by atoms with Crippen LogP contribution >= 0.6 is 0 Å².